The van der Waals surface area contributed by atoms with E-state index in [1.807, 2.05) is 46.8 Å². The highest BCUT2D eigenvalue weighted by Crippen LogP contribution is 2.24. The Kier molecular flexibility index (Phi) is 6.21. The molecular weight excluding hydrogens is 266 g/mol. The molecule has 0 bridgehead atoms. The Balaban J connectivity index is 2.65. The second-order valence-corrected chi connectivity index (χ2v) is 5.95. The second-order valence-electron chi connectivity index (χ2n) is 5.95. The third-order valence-corrected chi connectivity index (χ3v) is 3.84. The predicted molar refractivity (Wildman–Crippen MR) is 84.7 cm³/mol. The van der Waals surface area contributed by atoms with E-state index in [1.54, 1.807) is 0 Å². The Morgan fingerprint density at radius 2 is 1.86 bits per heavy atom. The molecule has 1 amide bonds. The Labute approximate surface area is 127 Å². The number of rotatable bonds is 7. The van der Waals surface area contributed by atoms with E-state index in [1.165, 1.54) is 5.56 Å². The van der Waals surface area contributed by atoms with Gasteiger partial charge in [-0.25, -0.2) is 0 Å². The number of carbonyl (C=O) groups is 1. The molecule has 0 aliphatic rings. The average molecular weight is 293 g/mol. The predicted octanol–water partition coefficient (Wildman–Crippen LogP) is 2.66. The van der Waals surface area contributed by atoms with Crippen LogP contribution in [0.3, 0.4) is 0 Å². The lowest BCUT2D eigenvalue weighted by molar-refractivity contribution is -0.125. The van der Waals surface area contributed by atoms with E-state index in [9.17, 15) is 4.79 Å². The van der Waals surface area contributed by atoms with Crippen LogP contribution in [0.5, 0.6) is 5.75 Å². The van der Waals surface area contributed by atoms with Gasteiger partial charge in [-0.15, -0.1) is 0 Å². The van der Waals surface area contributed by atoms with Crippen molar-refractivity contribution in [2.45, 2.75) is 53.0 Å². The summed E-state index contributed by atoms with van der Waals surface area (Å²) in [6.07, 6.45) is 1.31. The quantitative estimate of drug-likeness (QED) is 0.812. The maximum atomic E-state index is 12.0. The van der Waals surface area contributed by atoms with Gasteiger partial charge in [0.1, 0.15) is 5.75 Å². The molecule has 0 saturated carbocycles. The molecule has 0 heterocycles. The molecule has 2 N–H and O–H groups in total. The fraction of sp³-hybridized carbons (Fsp3) is 0.588. The van der Waals surface area contributed by atoms with Gasteiger partial charge in [0.2, 0.25) is 0 Å². The molecule has 1 atom stereocenters. The summed E-state index contributed by atoms with van der Waals surface area (Å²) in [4.78, 5) is 12.0. The van der Waals surface area contributed by atoms with Crippen molar-refractivity contribution >= 4 is 5.91 Å². The van der Waals surface area contributed by atoms with E-state index >= 15 is 0 Å². The van der Waals surface area contributed by atoms with Crippen LogP contribution in [0.4, 0.5) is 0 Å². The lowest BCUT2D eigenvalue weighted by Crippen LogP contribution is -2.47. The first-order valence-corrected chi connectivity index (χ1v) is 7.44. The molecule has 21 heavy (non-hydrogen) atoms. The summed E-state index contributed by atoms with van der Waals surface area (Å²) in [7, 11) is 0. The van der Waals surface area contributed by atoms with Gasteiger partial charge >= 0.3 is 0 Å². The van der Waals surface area contributed by atoms with E-state index in [4.69, 9.17) is 9.84 Å². The number of aliphatic hydroxyl groups is 1. The first kappa shape index (κ1) is 17.5. The third kappa shape index (κ3) is 5.05. The summed E-state index contributed by atoms with van der Waals surface area (Å²) >= 11 is 0. The van der Waals surface area contributed by atoms with Gasteiger partial charge in [-0.2, -0.15) is 0 Å². The molecule has 4 nitrogen and oxygen atoms in total. The van der Waals surface area contributed by atoms with Crippen molar-refractivity contribution in [3.8, 4) is 5.75 Å². The number of aliphatic hydroxyl groups excluding tert-OH is 1. The number of nitrogens with one attached hydrogen (secondary N) is 1. The SMILES string of the molecule is CCC(C)(CCO)NC(=O)COc1c(C)cc(C)cc1C. The number of carbonyl (C=O) groups excluding carboxylic acids is 1. The van der Waals surface area contributed by atoms with Crippen molar-refractivity contribution in [1.82, 2.24) is 5.32 Å². The summed E-state index contributed by atoms with van der Waals surface area (Å²) in [6.45, 7) is 9.98. The molecule has 0 aliphatic carbocycles. The first-order chi connectivity index (χ1) is 9.81. The minimum absolute atomic E-state index is 0.00818. The van der Waals surface area contributed by atoms with E-state index in [-0.39, 0.29) is 24.7 Å². The van der Waals surface area contributed by atoms with Crippen LogP contribution in [0.15, 0.2) is 12.1 Å². The highest BCUT2D eigenvalue weighted by molar-refractivity contribution is 5.78. The van der Waals surface area contributed by atoms with E-state index in [2.05, 4.69) is 5.32 Å². The number of hydrogen-bond donors (Lipinski definition) is 2. The molecule has 0 fully saturated rings. The molecule has 1 aromatic rings. The van der Waals surface area contributed by atoms with Crippen LogP contribution >= 0.6 is 0 Å². The standard InChI is InChI=1S/C17H27NO3/c1-6-17(5,7-8-19)18-15(20)11-21-16-13(3)9-12(2)10-14(16)4/h9-10,19H,6-8,11H2,1-5H3,(H,18,20). The van der Waals surface area contributed by atoms with E-state index < -0.39 is 0 Å². The molecule has 4 heteroatoms. The second kappa shape index (κ2) is 7.46. The molecule has 0 aliphatic heterocycles. The van der Waals surface area contributed by atoms with Crippen LogP contribution in [0.25, 0.3) is 0 Å². The fourth-order valence-corrected chi connectivity index (χ4v) is 2.48. The monoisotopic (exact) mass is 293 g/mol. The van der Waals surface area contributed by atoms with Crippen molar-refractivity contribution in [2.24, 2.45) is 0 Å². The van der Waals surface area contributed by atoms with Crippen LogP contribution in [0, 0.1) is 20.8 Å². The van der Waals surface area contributed by atoms with E-state index in [0.717, 1.165) is 23.3 Å². The maximum absolute atomic E-state index is 12.0. The number of ether oxygens (including phenoxy) is 1. The van der Waals surface area contributed by atoms with Gasteiger partial charge in [0.15, 0.2) is 6.61 Å². The summed E-state index contributed by atoms with van der Waals surface area (Å²) in [6, 6.07) is 4.09. The number of amides is 1. The summed E-state index contributed by atoms with van der Waals surface area (Å²) < 4.78 is 5.68. The molecule has 0 aromatic heterocycles. The lowest BCUT2D eigenvalue weighted by atomic mass is 9.95. The first-order valence-electron chi connectivity index (χ1n) is 7.44. The Bertz CT molecular complexity index is 476. The molecule has 0 spiro atoms. The zero-order valence-corrected chi connectivity index (χ0v) is 13.7. The van der Waals surface area contributed by atoms with Gasteiger partial charge in [0.05, 0.1) is 0 Å². The summed E-state index contributed by atoms with van der Waals surface area (Å²) in [5, 5.41) is 12.0. The number of benzene rings is 1. The fourth-order valence-electron chi connectivity index (χ4n) is 2.48. The largest absolute Gasteiger partial charge is 0.483 e. The van der Waals surface area contributed by atoms with Crippen LogP contribution in [0.1, 0.15) is 43.4 Å². The van der Waals surface area contributed by atoms with Gasteiger partial charge in [-0.3, -0.25) is 4.79 Å². The number of hydrogen-bond acceptors (Lipinski definition) is 3. The Morgan fingerprint density at radius 3 is 2.33 bits per heavy atom. The van der Waals surface area contributed by atoms with Crippen molar-refractivity contribution in [2.75, 3.05) is 13.2 Å². The van der Waals surface area contributed by atoms with Crippen molar-refractivity contribution < 1.29 is 14.6 Å². The lowest BCUT2D eigenvalue weighted by Gasteiger charge is -2.29. The normalized spacial score (nSPS) is 13.6. The average Bonchev–Trinajstić information content (AvgIpc) is 2.37. The van der Waals surface area contributed by atoms with Gasteiger partial charge in [-0.05, 0) is 51.7 Å². The van der Waals surface area contributed by atoms with Crippen LogP contribution in [0.2, 0.25) is 0 Å². The summed E-state index contributed by atoms with van der Waals surface area (Å²) in [5.74, 6) is 0.614. The van der Waals surface area contributed by atoms with Crippen LogP contribution in [-0.2, 0) is 4.79 Å². The van der Waals surface area contributed by atoms with Gasteiger partial charge in [0.25, 0.3) is 5.91 Å². The summed E-state index contributed by atoms with van der Waals surface area (Å²) in [5.41, 5.74) is 2.87. The minimum Gasteiger partial charge on any atom is -0.483 e. The van der Waals surface area contributed by atoms with Crippen molar-refractivity contribution in [1.29, 1.82) is 0 Å². The molecular formula is C17H27NO3. The van der Waals surface area contributed by atoms with Crippen molar-refractivity contribution in [3.63, 3.8) is 0 Å². The highest BCUT2D eigenvalue weighted by Gasteiger charge is 2.23. The Morgan fingerprint density at radius 1 is 1.29 bits per heavy atom. The zero-order chi connectivity index (χ0) is 16.0. The van der Waals surface area contributed by atoms with E-state index in [0.29, 0.717) is 6.42 Å². The third-order valence-electron chi connectivity index (χ3n) is 3.84. The smallest absolute Gasteiger partial charge is 0.258 e. The molecule has 1 unspecified atom stereocenters. The van der Waals surface area contributed by atoms with Crippen molar-refractivity contribution in [3.05, 3.63) is 28.8 Å². The maximum Gasteiger partial charge on any atom is 0.258 e. The molecule has 0 radical (unpaired) electrons. The highest BCUT2D eigenvalue weighted by atomic mass is 16.5. The van der Waals surface area contributed by atoms with Crippen LogP contribution < -0.4 is 10.1 Å². The van der Waals surface area contributed by atoms with Gasteiger partial charge in [0, 0.05) is 12.1 Å². The zero-order valence-electron chi connectivity index (χ0n) is 13.7. The molecule has 1 rings (SSSR count). The van der Waals surface area contributed by atoms with Gasteiger partial charge < -0.3 is 15.2 Å². The Hall–Kier alpha value is -1.55. The molecule has 118 valence electrons. The molecule has 0 saturated heterocycles. The minimum atomic E-state index is -0.382. The number of aryl methyl sites for hydroxylation is 3. The topological polar surface area (TPSA) is 58.6 Å². The molecule has 1 aromatic carbocycles. The van der Waals surface area contributed by atoms with Crippen LogP contribution in [-0.4, -0.2) is 29.8 Å². The van der Waals surface area contributed by atoms with Gasteiger partial charge in [-0.1, -0.05) is 24.6 Å².